The molecule has 9 heteroatoms. The molecule has 0 amide bonds. The van der Waals surface area contributed by atoms with E-state index in [1.54, 1.807) is 12.1 Å². The fourth-order valence-electron chi connectivity index (χ4n) is 4.01. The number of aromatic nitrogens is 3. The quantitative estimate of drug-likeness (QED) is 0.293. The maximum Gasteiger partial charge on any atom is 0.304 e. The zero-order valence-electron chi connectivity index (χ0n) is 18.0. The minimum atomic E-state index is -0.786. The van der Waals surface area contributed by atoms with Crippen molar-refractivity contribution in [3.63, 3.8) is 0 Å². The van der Waals surface area contributed by atoms with E-state index in [2.05, 4.69) is 26.8 Å². The Bertz CT molecular complexity index is 1200. The van der Waals surface area contributed by atoms with E-state index >= 15 is 0 Å². The Morgan fingerprint density at radius 2 is 2.16 bits per heavy atom. The van der Waals surface area contributed by atoms with Gasteiger partial charge in [0.25, 0.3) is 5.90 Å². The lowest BCUT2D eigenvalue weighted by molar-refractivity contribution is -0.137. The van der Waals surface area contributed by atoms with E-state index in [4.69, 9.17) is 20.6 Å². The van der Waals surface area contributed by atoms with E-state index in [0.29, 0.717) is 17.3 Å². The van der Waals surface area contributed by atoms with Gasteiger partial charge < -0.3 is 19.7 Å². The summed E-state index contributed by atoms with van der Waals surface area (Å²) >= 11 is 0. The SMILES string of the molecule is C=C(/N=C(\ON)c1ccc(OC(C)C)nn1)c1ccc2[nH]c3c(c2c1)CCC3CC(=O)O. The second-order valence-corrected chi connectivity index (χ2v) is 8.02. The maximum absolute atomic E-state index is 11.2. The van der Waals surface area contributed by atoms with E-state index in [1.807, 2.05) is 32.0 Å². The lowest BCUT2D eigenvalue weighted by Crippen LogP contribution is -2.15. The Labute approximate surface area is 184 Å². The van der Waals surface area contributed by atoms with Crippen molar-refractivity contribution in [1.82, 2.24) is 15.2 Å². The number of ether oxygens (including phenoxy) is 1. The number of carboxylic acids is 1. The average Bonchev–Trinajstić information content (AvgIpc) is 3.31. The van der Waals surface area contributed by atoms with Gasteiger partial charge in [-0.05, 0) is 50.5 Å². The van der Waals surface area contributed by atoms with Crippen molar-refractivity contribution in [3.05, 3.63) is 59.4 Å². The summed E-state index contributed by atoms with van der Waals surface area (Å²) in [6, 6.07) is 9.17. The molecule has 2 aromatic heterocycles. The number of aryl methyl sites for hydroxylation is 1. The van der Waals surface area contributed by atoms with Crippen LogP contribution in [0.15, 0.2) is 41.9 Å². The van der Waals surface area contributed by atoms with Crippen molar-refractivity contribution < 1.29 is 19.5 Å². The predicted octanol–water partition coefficient (Wildman–Crippen LogP) is 3.56. The van der Waals surface area contributed by atoms with Crippen LogP contribution in [0.1, 0.15) is 55.1 Å². The van der Waals surface area contributed by atoms with Gasteiger partial charge in [0.1, 0.15) is 0 Å². The third-order valence-corrected chi connectivity index (χ3v) is 5.41. The molecule has 32 heavy (non-hydrogen) atoms. The van der Waals surface area contributed by atoms with Crippen LogP contribution in [0, 0.1) is 0 Å². The van der Waals surface area contributed by atoms with Gasteiger partial charge in [-0.3, -0.25) is 4.79 Å². The lowest BCUT2D eigenvalue weighted by atomic mass is 10.0. The lowest BCUT2D eigenvalue weighted by Gasteiger charge is -2.09. The van der Waals surface area contributed by atoms with Gasteiger partial charge in [-0.15, -0.1) is 10.2 Å². The Morgan fingerprint density at radius 1 is 1.34 bits per heavy atom. The molecule has 1 atom stereocenters. The number of nitrogens with two attached hydrogens (primary N) is 1. The summed E-state index contributed by atoms with van der Waals surface area (Å²) < 4.78 is 5.49. The number of hydrogen-bond acceptors (Lipinski definition) is 7. The minimum Gasteiger partial charge on any atom is -0.481 e. The summed E-state index contributed by atoms with van der Waals surface area (Å²) in [5.74, 6) is 5.13. The topological polar surface area (TPSA) is 136 Å². The van der Waals surface area contributed by atoms with Crippen molar-refractivity contribution in [2.24, 2.45) is 10.9 Å². The summed E-state index contributed by atoms with van der Waals surface area (Å²) in [6.45, 7) is 7.85. The molecule has 1 unspecified atom stereocenters. The molecule has 1 aromatic carbocycles. The van der Waals surface area contributed by atoms with Crippen molar-refractivity contribution in [1.29, 1.82) is 0 Å². The number of carbonyl (C=O) groups is 1. The van der Waals surface area contributed by atoms with Crippen LogP contribution < -0.4 is 10.6 Å². The maximum atomic E-state index is 11.2. The molecule has 0 aliphatic heterocycles. The average molecular weight is 435 g/mol. The van der Waals surface area contributed by atoms with Crippen LogP contribution >= 0.6 is 0 Å². The highest BCUT2D eigenvalue weighted by Crippen LogP contribution is 2.40. The Hall–Kier alpha value is -3.72. The Balaban J connectivity index is 1.60. The smallest absolute Gasteiger partial charge is 0.304 e. The molecule has 2 heterocycles. The first-order valence-corrected chi connectivity index (χ1v) is 10.4. The number of aliphatic carboxylic acids is 1. The molecule has 9 nitrogen and oxygen atoms in total. The third-order valence-electron chi connectivity index (χ3n) is 5.41. The highest BCUT2D eigenvalue weighted by atomic mass is 16.6. The van der Waals surface area contributed by atoms with Gasteiger partial charge in [0.15, 0.2) is 5.69 Å². The van der Waals surface area contributed by atoms with Crippen molar-refractivity contribution >= 4 is 28.5 Å². The van der Waals surface area contributed by atoms with Crippen LogP contribution in [0.3, 0.4) is 0 Å². The molecular formula is C23H25N5O4. The number of rotatable bonds is 7. The predicted molar refractivity (Wildman–Crippen MR) is 120 cm³/mol. The number of fused-ring (bicyclic) bond motifs is 3. The second-order valence-electron chi connectivity index (χ2n) is 8.02. The summed E-state index contributed by atoms with van der Waals surface area (Å²) in [4.78, 5) is 23.9. The van der Waals surface area contributed by atoms with Gasteiger partial charge in [0.2, 0.25) is 5.88 Å². The summed E-state index contributed by atoms with van der Waals surface area (Å²) in [5.41, 5.74) is 4.73. The van der Waals surface area contributed by atoms with Crippen molar-refractivity contribution in [2.75, 3.05) is 0 Å². The van der Waals surface area contributed by atoms with Gasteiger partial charge in [-0.25, -0.2) is 4.99 Å². The van der Waals surface area contributed by atoms with Crippen LogP contribution in [-0.4, -0.2) is 38.3 Å². The molecule has 0 bridgehead atoms. The molecule has 0 saturated heterocycles. The highest BCUT2D eigenvalue weighted by Gasteiger charge is 2.28. The first kappa shape index (κ1) is 21.5. The van der Waals surface area contributed by atoms with Crippen LogP contribution in [0.25, 0.3) is 16.6 Å². The zero-order valence-corrected chi connectivity index (χ0v) is 18.0. The summed E-state index contributed by atoms with van der Waals surface area (Å²) in [7, 11) is 0. The number of nitrogens with one attached hydrogen (secondary N) is 1. The molecule has 0 spiro atoms. The molecule has 1 aliphatic rings. The van der Waals surface area contributed by atoms with Crippen LogP contribution in [-0.2, 0) is 16.1 Å². The van der Waals surface area contributed by atoms with E-state index in [1.165, 1.54) is 0 Å². The third kappa shape index (κ3) is 4.33. The van der Waals surface area contributed by atoms with Crippen molar-refractivity contribution in [3.8, 4) is 5.88 Å². The van der Waals surface area contributed by atoms with Crippen molar-refractivity contribution in [2.45, 2.75) is 45.1 Å². The summed E-state index contributed by atoms with van der Waals surface area (Å²) in [5, 5.41) is 18.3. The molecule has 1 aliphatic carbocycles. The Morgan fingerprint density at radius 3 is 2.81 bits per heavy atom. The first-order chi connectivity index (χ1) is 15.4. The molecule has 0 radical (unpaired) electrons. The van der Waals surface area contributed by atoms with Gasteiger partial charge in [0, 0.05) is 34.1 Å². The molecular weight excluding hydrogens is 410 g/mol. The largest absolute Gasteiger partial charge is 0.481 e. The Kier molecular flexibility index (Phi) is 5.91. The van der Waals surface area contributed by atoms with Crippen LogP contribution in [0.2, 0.25) is 0 Å². The van der Waals surface area contributed by atoms with Gasteiger partial charge in [-0.2, -0.15) is 5.90 Å². The van der Waals surface area contributed by atoms with E-state index in [-0.39, 0.29) is 24.3 Å². The number of hydrogen-bond donors (Lipinski definition) is 3. The van der Waals surface area contributed by atoms with Gasteiger partial charge in [0.05, 0.1) is 18.2 Å². The standard InChI is InChI=1S/C23H25N5O4/c1-12(2)31-20-9-8-19(27-28-20)23(32-24)25-13(3)14-5-7-18-17(10-14)16-6-4-15(11-21(29)30)22(16)26-18/h5,7-10,12,15,26H,3-4,6,11,24H2,1-2H3,(H,29,30)/b25-23-. The minimum absolute atomic E-state index is 0.0121. The fraction of sp³-hybridized carbons (Fsp3) is 0.304. The fourth-order valence-corrected chi connectivity index (χ4v) is 4.01. The number of carboxylic acid groups (broad SMARTS) is 1. The number of aliphatic imine (C=N–C) groups is 1. The zero-order chi connectivity index (χ0) is 22.8. The number of aromatic amines is 1. The second kappa shape index (κ2) is 8.80. The highest BCUT2D eigenvalue weighted by molar-refractivity contribution is 5.96. The number of benzene rings is 1. The molecule has 0 fully saturated rings. The van der Waals surface area contributed by atoms with Crippen LogP contribution in [0.4, 0.5) is 0 Å². The molecule has 0 saturated carbocycles. The molecule has 166 valence electrons. The molecule has 4 N–H and O–H groups in total. The normalized spacial score (nSPS) is 15.8. The van der Waals surface area contributed by atoms with Gasteiger partial charge >= 0.3 is 5.97 Å². The summed E-state index contributed by atoms with van der Waals surface area (Å²) in [6.07, 6.45) is 1.78. The first-order valence-electron chi connectivity index (χ1n) is 10.4. The van der Waals surface area contributed by atoms with Crippen LogP contribution in [0.5, 0.6) is 5.88 Å². The number of nitrogens with zero attached hydrogens (tertiary/aromatic N) is 3. The molecule has 4 rings (SSSR count). The monoisotopic (exact) mass is 435 g/mol. The number of H-pyrrole nitrogens is 1. The molecule has 3 aromatic rings. The van der Waals surface area contributed by atoms with E-state index in [9.17, 15) is 4.79 Å². The van der Waals surface area contributed by atoms with E-state index in [0.717, 1.165) is 40.6 Å². The van der Waals surface area contributed by atoms with Gasteiger partial charge in [-0.1, -0.05) is 12.6 Å². The van der Waals surface area contributed by atoms with E-state index < -0.39 is 5.97 Å².